The van der Waals surface area contributed by atoms with Crippen molar-refractivity contribution < 1.29 is 17.6 Å². The first kappa shape index (κ1) is 20.0. The minimum atomic E-state index is -3.60. The zero-order chi connectivity index (χ0) is 20.4. The predicted octanol–water partition coefficient (Wildman–Crippen LogP) is 2.95. The Bertz CT molecular complexity index is 1000. The summed E-state index contributed by atoms with van der Waals surface area (Å²) >= 11 is 0. The van der Waals surface area contributed by atoms with Crippen LogP contribution in [0.2, 0.25) is 0 Å². The smallest absolute Gasteiger partial charge is 0.226 e. The van der Waals surface area contributed by atoms with Crippen LogP contribution in [0.1, 0.15) is 29.5 Å². The van der Waals surface area contributed by atoms with Crippen molar-refractivity contribution in [2.75, 3.05) is 19.6 Å². The summed E-state index contributed by atoms with van der Waals surface area (Å²) in [6, 6.07) is 14.1. The standard InChI is InChI=1S/C22H25FN2O3S/c23-21-8-4-3-7-20(21)16-29(27,28)25-13-10-18(11-14-25)22(26)24-12-9-17-5-1-2-6-19(17)15-24/h1-8,18H,9-16H2. The van der Waals surface area contributed by atoms with E-state index in [9.17, 15) is 17.6 Å². The third-order valence-corrected chi connectivity index (χ3v) is 7.76. The van der Waals surface area contributed by atoms with Crippen molar-refractivity contribution in [3.05, 3.63) is 71.0 Å². The van der Waals surface area contributed by atoms with Gasteiger partial charge in [-0.1, -0.05) is 42.5 Å². The molecule has 0 atom stereocenters. The van der Waals surface area contributed by atoms with E-state index in [-0.39, 0.29) is 23.1 Å². The van der Waals surface area contributed by atoms with E-state index in [2.05, 4.69) is 12.1 Å². The monoisotopic (exact) mass is 416 g/mol. The van der Waals surface area contributed by atoms with Crippen LogP contribution in [0.15, 0.2) is 48.5 Å². The first-order chi connectivity index (χ1) is 13.9. The van der Waals surface area contributed by atoms with Crippen LogP contribution in [-0.2, 0) is 33.5 Å². The second-order valence-electron chi connectivity index (χ2n) is 7.80. The minimum Gasteiger partial charge on any atom is -0.338 e. The topological polar surface area (TPSA) is 57.7 Å². The largest absolute Gasteiger partial charge is 0.338 e. The van der Waals surface area contributed by atoms with E-state index in [4.69, 9.17) is 0 Å². The Morgan fingerprint density at radius 3 is 2.34 bits per heavy atom. The quantitative estimate of drug-likeness (QED) is 0.770. The van der Waals surface area contributed by atoms with E-state index in [1.807, 2.05) is 17.0 Å². The van der Waals surface area contributed by atoms with E-state index in [1.54, 1.807) is 12.1 Å². The first-order valence-corrected chi connectivity index (χ1v) is 11.6. The van der Waals surface area contributed by atoms with Gasteiger partial charge >= 0.3 is 0 Å². The number of carbonyl (C=O) groups is 1. The maximum absolute atomic E-state index is 13.8. The highest BCUT2D eigenvalue weighted by Gasteiger charge is 2.34. The van der Waals surface area contributed by atoms with Gasteiger partial charge in [0.2, 0.25) is 15.9 Å². The molecule has 2 aromatic carbocycles. The highest BCUT2D eigenvalue weighted by atomic mass is 32.2. The summed E-state index contributed by atoms with van der Waals surface area (Å²) in [5.41, 5.74) is 2.67. The average Bonchev–Trinajstić information content (AvgIpc) is 2.74. The number of hydrogen-bond acceptors (Lipinski definition) is 3. The molecule has 29 heavy (non-hydrogen) atoms. The number of fused-ring (bicyclic) bond motifs is 1. The van der Waals surface area contributed by atoms with Crippen LogP contribution in [0.25, 0.3) is 0 Å². The zero-order valence-corrected chi connectivity index (χ0v) is 17.1. The Hall–Kier alpha value is -2.25. The molecule has 154 valence electrons. The van der Waals surface area contributed by atoms with Crippen molar-refractivity contribution in [3.8, 4) is 0 Å². The van der Waals surface area contributed by atoms with E-state index >= 15 is 0 Å². The fourth-order valence-corrected chi connectivity index (χ4v) is 5.80. The number of carbonyl (C=O) groups excluding carboxylic acids is 1. The van der Waals surface area contributed by atoms with E-state index in [1.165, 1.54) is 27.6 Å². The second kappa shape index (κ2) is 8.24. The van der Waals surface area contributed by atoms with Gasteiger partial charge in [-0.3, -0.25) is 4.79 Å². The van der Waals surface area contributed by atoms with Crippen LogP contribution < -0.4 is 0 Å². The van der Waals surface area contributed by atoms with Gasteiger partial charge in [-0.25, -0.2) is 17.1 Å². The predicted molar refractivity (Wildman–Crippen MR) is 109 cm³/mol. The molecule has 7 heteroatoms. The molecule has 0 bridgehead atoms. The Morgan fingerprint density at radius 2 is 1.62 bits per heavy atom. The minimum absolute atomic E-state index is 0.116. The van der Waals surface area contributed by atoms with Crippen molar-refractivity contribution in [2.45, 2.75) is 31.6 Å². The van der Waals surface area contributed by atoms with Crippen LogP contribution in [0.3, 0.4) is 0 Å². The SMILES string of the molecule is O=C(C1CCN(S(=O)(=O)Cc2ccccc2F)CC1)N1CCc2ccccc2C1. The number of piperidine rings is 1. The molecule has 1 amide bonds. The molecule has 2 heterocycles. The number of amides is 1. The summed E-state index contributed by atoms with van der Waals surface area (Å²) in [5.74, 6) is -0.890. The lowest BCUT2D eigenvalue weighted by atomic mass is 9.94. The Labute approximate surface area is 171 Å². The van der Waals surface area contributed by atoms with Gasteiger partial charge in [0.1, 0.15) is 5.82 Å². The molecule has 0 saturated carbocycles. The molecule has 1 saturated heterocycles. The summed E-state index contributed by atoms with van der Waals surface area (Å²) in [4.78, 5) is 14.9. The van der Waals surface area contributed by atoms with Crippen molar-refractivity contribution in [1.29, 1.82) is 0 Å². The van der Waals surface area contributed by atoms with Crippen LogP contribution in [-0.4, -0.2) is 43.2 Å². The molecule has 1 fully saturated rings. The normalized spacial score (nSPS) is 18.4. The fourth-order valence-electron chi connectivity index (χ4n) is 4.23. The van der Waals surface area contributed by atoms with Gasteiger partial charge in [0, 0.05) is 37.7 Å². The van der Waals surface area contributed by atoms with Gasteiger partial charge in [-0.2, -0.15) is 0 Å². The number of sulfonamides is 1. The van der Waals surface area contributed by atoms with Crippen LogP contribution in [0.4, 0.5) is 4.39 Å². The summed E-state index contributed by atoms with van der Waals surface area (Å²) in [5, 5.41) is 0. The fraction of sp³-hybridized carbons (Fsp3) is 0.409. The second-order valence-corrected chi connectivity index (χ2v) is 9.77. The molecule has 0 radical (unpaired) electrons. The van der Waals surface area contributed by atoms with Crippen LogP contribution in [0.5, 0.6) is 0 Å². The Balaban J connectivity index is 1.36. The number of benzene rings is 2. The maximum Gasteiger partial charge on any atom is 0.226 e. The lowest BCUT2D eigenvalue weighted by Gasteiger charge is -2.35. The van der Waals surface area contributed by atoms with Gasteiger partial charge in [0.15, 0.2) is 0 Å². The molecule has 0 unspecified atom stereocenters. The van der Waals surface area contributed by atoms with Crippen molar-refractivity contribution in [1.82, 2.24) is 9.21 Å². The van der Waals surface area contributed by atoms with Gasteiger partial charge in [0.25, 0.3) is 0 Å². The summed E-state index contributed by atoms with van der Waals surface area (Å²) in [6.07, 6.45) is 1.87. The first-order valence-electron chi connectivity index (χ1n) is 10.0. The highest BCUT2D eigenvalue weighted by Crippen LogP contribution is 2.26. The Morgan fingerprint density at radius 1 is 0.966 bits per heavy atom. The maximum atomic E-state index is 13.8. The molecule has 0 aliphatic carbocycles. The molecule has 0 spiro atoms. The van der Waals surface area contributed by atoms with E-state index in [0.717, 1.165) is 6.42 Å². The summed E-state index contributed by atoms with van der Waals surface area (Å²) < 4.78 is 40.6. The molecule has 5 nitrogen and oxygen atoms in total. The molecule has 4 rings (SSSR count). The van der Waals surface area contributed by atoms with Crippen molar-refractivity contribution in [2.24, 2.45) is 5.92 Å². The molecular formula is C22H25FN2O3S. The van der Waals surface area contributed by atoms with Gasteiger partial charge in [-0.15, -0.1) is 0 Å². The number of hydrogen-bond donors (Lipinski definition) is 0. The third-order valence-electron chi connectivity index (χ3n) is 5.93. The molecule has 2 aliphatic heterocycles. The molecule has 2 aliphatic rings. The third kappa shape index (κ3) is 4.36. The number of rotatable bonds is 4. The van der Waals surface area contributed by atoms with Gasteiger partial charge in [-0.05, 0) is 36.5 Å². The Kier molecular flexibility index (Phi) is 5.69. The molecule has 2 aromatic rings. The van der Waals surface area contributed by atoms with Crippen molar-refractivity contribution in [3.63, 3.8) is 0 Å². The number of nitrogens with zero attached hydrogens (tertiary/aromatic N) is 2. The molecular weight excluding hydrogens is 391 g/mol. The number of halogens is 1. The average molecular weight is 417 g/mol. The molecule has 0 N–H and O–H groups in total. The summed E-state index contributed by atoms with van der Waals surface area (Å²) in [6.45, 7) is 1.94. The van der Waals surface area contributed by atoms with Crippen molar-refractivity contribution >= 4 is 15.9 Å². The van der Waals surface area contributed by atoms with Crippen LogP contribution >= 0.6 is 0 Å². The van der Waals surface area contributed by atoms with Crippen LogP contribution in [0, 0.1) is 11.7 Å². The molecule has 0 aromatic heterocycles. The highest BCUT2D eigenvalue weighted by molar-refractivity contribution is 7.88. The van der Waals surface area contributed by atoms with E-state index < -0.39 is 15.8 Å². The van der Waals surface area contributed by atoms with Gasteiger partial charge < -0.3 is 4.90 Å². The lowest BCUT2D eigenvalue weighted by Crippen LogP contribution is -2.45. The summed E-state index contributed by atoms with van der Waals surface area (Å²) in [7, 11) is -3.60. The zero-order valence-electron chi connectivity index (χ0n) is 16.3. The van der Waals surface area contributed by atoms with E-state index in [0.29, 0.717) is 39.0 Å². The van der Waals surface area contributed by atoms with Gasteiger partial charge in [0.05, 0.1) is 5.75 Å². The lowest BCUT2D eigenvalue weighted by molar-refractivity contribution is -0.137.